The van der Waals surface area contributed by atoms with Gasteiger partial charge in [0.2, 0.25) is 0 Å². The van der Waals surface area contributed by atoms with Crippen molar-refractivity contribution < 1.29 is 4.39 Å². The van der Waals surface area contributed by atoms with Gasteiger partial charge in [0.25, 0.3) is 0 Å². The molecule has 1 aromatic heterocycles. The maximum Gasteiger partial charge on any atom is 0.125 e. The number of hydrogen-bond donors (Lipinski definition) is 0. The minimum absolute atomic E-state index is 0.259. The van der Waals surface area contributed by atoms with Crippen LogP contribution in [0.3, 0.4) is 0 Å². The van der Waals surface area contributed by atoms with Gasteiger partial charge in [-0.3, -0.25) is 4.57 Å². The van der Waals surface area contributed by atoms with E-state index in [4.69, 9.17) is 11.6 Å². The van der Waals surface area contributed by atoms with Crippen LogP contribution in [-0.2, 0) is 6.42 Å². The van der Waals surface area contributed by atoms with E-state index in [1.165, 1.54) is 23.3 Å². The normalized spacial score (nSPS) is 11.2. The smallest absolute Gasteiger partial charge is 0.125 e. The predicted octanol–water partition coefficient (Wildman–Crippen LogP) is 4.56. The van der Waals surface area contributed by atoms with Crippen LogP contribution in [0.25, 0.3) is 16.7 Å². The highest BCUT2D eigenvalue weighted by atomic mass is 35.5. The molecule has 0 radical (unpaired) electrons. The molecule has 21 heavy (non-hydrogen) atoms. The Morgan fingerprint density at radius 1 is 1.10 bits per heavy atom. The van der Waals surface area contributed by atoms with Gasteiger partial charge in [0.15, 0.2) is 0 Å². The van der Waals surface area contributed by atoms with E-state index in [-0.39, 0.29) is 5.82 Å². The van der Waals surface area contributed by atoms with Gasteiger partial charge in [-0.2, -0.15) is 0 Å². The SMILES string of the molecule is Cc1ccc(-n2c(CCCl)nc3ccc(F)cc32)cc1C. The summed E-state index contributed by atoms with van der Waals surface area (Å²) in [4.78, 5) is 4.58. The van der Waals surface area contributed by atoms with Crippen molar-refractivity contribution in [3.63, 3.8) is 0 Å². The second-order valence-corrected chi connectivity index (χ2v) is 5.58. The van der Waals surface area contributed by atoms with Gasteiger partial charge in [0, 0.05) is 24.1 Å². The quantitative estimate of drug-likeness (QED) is 0.648. The Morgan fingerprint density at radius 3 is 2.62 bits per heavy atom. The fraction of sp³-hybridized carbons (Fsp3) is 0.235. The number of imidazole rings is 1. The summed E-state index contributed by atoms with van der Waals surface area (Å²) in [7, 11) is 0. The molecule has 0 N–H and O–H groups in total. The number of hydrogen-bond acceptors (Lipinski definition) is 1. The molecule has 0 aliphatic carbocycles. The first-order valence-corrected chi connectivity index (χ1v) is 7.44. The molecule has 2 nitrogen and oxygen atoms in total. The van der Waals surface area contributed by atoms with E-state index < -0.39 is 0 Å². The molecule has 0 unspecified atom stereocenters. The molecule has 0 aliphatic heterocycles. The number of alkyl halides is 1. The Hall–Kier alpha value is -1.87. The number of rotatable bonds is 3. The van der Waals surface area contributed by atoms with Crippen molar-refractivity contribution in [2.75, 3.05) is 5.88 Å². The second kappa shape index (κ2) is 5.49. The lowest BCUT2D eigenvalue weighted by atomic mass is 10.1. The van der Waals surface area contributed by atoms with Crippen LogP contribution in [0.15, 0.2) is 36.4 Å². The first-order chi connectivity index (χ1) is 10.1. The zero-order valence-corrected chi connectivity index (χ0v) is 12.8. The Labute approximate surface area is 128 Å². The summed E-state index contributed by atoms with van der Waals surface area (Å²) in [5, 5.41) is 0. The van der Waals surface area contributed by atoms with E-state index in [0.29, 0.717) is 12.3 Å². The van der Waals surface area contributed by atoms with Crippen molar-refractivity contribution in [3.05, 3.63) is 59.2 Å². The molecule has 2 aromatic carbocycles. The van der Waals surface area contributed by atoms with Crippen LogP contribution >= 0.6 is 11.6 Å². The molecule has 0 fully saturated rings. The topological polar surface area (TPSA) is 17.8 Å². The highest BCUT2D eigenvalue weighted by Crippen LogP contribution is 2.24. The average Bonchev–Trinajstić information content (AvgIpc) is 2.80. The van der Waals surface area contributed by atoms with Crippen molar-refractivity contribution in [3.8, 4) is 5.69 Å². The van der Waals surface area contributed by atoms with Gasteiger partial charge in [-0.1, -0.05) is 6.07 Å². The lowest BCUT2D eigenvalue weighted by Gasteiger charge is -2.11. The van der Waals surface area contributed by atoms with Crippen LogP contribution < -0.4 is 0 Å². The zero-order chi connectivity index (χ0) is 15.0. The van der Waals surface area contributed by atoms with Gasteiger partial charge in [-0.15, -0.1) is 11.6 Å². The van der Waals surface area contributed by atoms with Crippen LogP contribution in [0.1, 0.15) is 17.0 Å². The zero-order valence-electron chi connectivity index (χ0n) is 12.0. The summed E-state index contributed by atoms with van der Waals surface area (Å²) in [6, 6.07) is 10.9. The molecule has 0 atom stereocenters. The first kappa shape index (κ1) is 14.1. The van der Waals surface area contributed by atoms with E-state index in [0.717, 1.165) is 22.5 Å². The summed E-state index contributed by atoms with van der Waals surface area (Å²) >= 11 is 5.88. The van der Waals surface area contributed by atoms with Crippen LogP contribution in [0.4, 0.5) is 4.39 Å². The summed E-state index contributed by atoms with van der Waals surface area (Å²) in [6.45, 7) is 4.14. The Balaban J connectivity index is 2.29. The van der Waals surface area contributed by atoms with Crippen molar-refractivity contribution in [1.82, 2.24) is 9.55 Å². The minimum atomic E-state index is -0.259. The van der Waals surface area contributed by atoms with Crippen molar-refractivity contribution in [2.24, 2.45) is 0 Å². The molecule has 3 rings (SSSR count). The molecule has 3 aromatic rings. The standard InChI is InChI=1S/C17H16ClFN2/c1-11-3-5-14(9-12(11)2)21-16-10-13(19)4-6-15(16)20-17(21)7-8-18/h3-6,9-10H,7-8H2,1-2H3. The summed E-state index contributed by atoms with van der Waals surface area (Å²) in [5.41, 5.74) is 4.98. The van der Waals surface area contributed by atoms with Crippen molar-refractivity contribution >= 4 is 22.6 Å². The number of halogens is 2. The summed E-state index contributed by atoms with van der Waals surface area (Å²) in [6.07, 6.45) is 0.644. The lowest BCUT2D eigenvalue weighted by Crippen LogP contribution is -2.03. The monoisotopic (exact) mass is 302 g/mol. The molecule has 0 saturated carbocycles. The van der Waals surface area contributed by atoms with Gasteiger partial charge in [-0.05, 0) is 49.2 Å². The van der Waals surface area contributed by atoms with Gasteiger partial charge >= 0.3 is 0 Å². The van der Waals surface area contributed by atoms with E-state index in [1.54, 1.807) is 6.07 Å². The second-order valence-electron chi connectivity index (χ2n) is 5.20. The molecule has 0 amide bonds. The third-order valence-electron chi connectivity index (χ3n) is 3.75. The van der Waals surface area contributed by atoms with Crippen LogP contribution in [0.5, 0.6) is 0 Å². The summed E-state index contributed by atoms with van der Waals surface area (Å²) in [5.74, 6) is 1.08. The summed E-state index contributed by atoms with van der Waals surface area (Å²) < 4.78 is 15.6. The fourth-order valence-electron chi connectivity index (χ4n) is 2.50. The number of nitrogens with zero attached hydrogens (tertiary/aromatic N) is 2. The highest BCUT2D eigenvalue weighted by molar-refractivity contribution is 6.17. The van der Waals surface area contributed by atoms with Crippen LogP contribution in [-0.4, -0.2) is 15.4 Å². The van der Waals surface area contributed by atoms with Gasteiger partial charge < -0.3 is 0 Å². The maximum absolute atomic E-state index is 13.6. The molecule has 108 valence electrons. The van der Waals surface area contributed by atoms with Gasteiger partial charge in [-0.25, -0.2) is 9.37 Å². The number of aryl methyl sites for hydroxylation is 3. The van der Waals surface area contributed by atoms with E-state index in [2.05, 4.69) is 31.0 Å². The number of benzene rings is 2. The Morgan fingerprint density at radius 2 is 1.90 bits per heavy atom. The minimum Gasteiger partial charge on any atom is -0.296 e. The molecule has 0 saturated heterocycles. The first-order valence-electron chi connectivity index (χ1n) is 6.90. The molecular weight excluding hydrogens is 287 g/mol. The molecule has 1 heterocycles. The highest BCUT2D eigenvalue weighted by Gasteiger charge is 2.13. The average molecular weight is 303 g/mol. The number of fused-ring (bicyclic) bond motifs is 1. The Bertz CT molecular complexity index is 808. The number of aromatic nitrogens is 2. The molecule has 0 aliphatic rings. The third-order valence-corrected chi connectivity index (χ3v) is 3.94. The predicted molar refractivity (Wildman–Crippen MR) is 84.9 cm³/mol. The fourth-order valence-corrected chi connectivity index (χ4v) is 2.67. The van der Waals surface area contributed by atoms with Gasteiger partial charge in [0.1, 0.15) is 11.6 Å². The third kappa shape index (κ3) is 2.54. The van der Waals surface area contributed by atoms with Crippen LogP contribution in [0.2, 0.25) is 0 Å². The Kier molecular flexibility index (Phi) is 3.68. The lowest BCUT2D eigenvalue weighted by molar-refractivity contribution is 0.629. The van der Waals surface area contributed by atoms with Crippen molar-refractivity contribution in [2.45, 2.75) is 20.3 Å². The van der Waals surface area contributed by atoms with Crippen molar-refractivity contribution in [1.29, 1.82) is 0 Å². The maximum atomic E-state index is 13.6. The molecule has 0 spiro atoms. The van der Waals surface area contributed by atoms with E-state index in [9.17, 15) is 4.39 Å². The molecule has 0 bridgehead atoms. The molecular formula is C17H16ClFN2. The van der Waals surface area contributed by atoms with E-state index >= 15 is 0 Å². The van der Waals surface area contributed by atoms with Gasteiger partial charge in [0.05, 0.1) is 11.0 Å². The van der Waals surface area contributed by atoms with E-state index in [1.807, 2.05) is 10.6 Å². The van der Waals surface area contributed by atoms with Crippen LogP contribution in [0, 0.1) is 19.7 Å². The molecule has 4 heteroatoms. The largest absolute Gasteiger partial charge is 0.296 e.